The molecule has 0 heterocycles. The van der Waals surface area contributed by atoms with Gasteiger partial charge in [-0.1, -0.05) is 32.0 Å². The lowest BCUT2D eigenvalue weighted by Gasteiger charge is -2.12. The summed E-state index contributed by atoms with van der Waals surface area (Å²) in [5, 5.41) is 2.64. The van der Waals surface area contributed by atoms with Gasteiger partial charge in [-0.15, -0.1) is 0 Å². The van der Waals surface area contributed by atoms with E-state index in [0.29, 0.717) is 5.69 Å². The molecule has 2 aromatic rings. The molecule has 1 amide bonds. The maximum Gasteiger partial charge on any atom is 0.339 e. The van der Waals surface area contributed by atoms with E-state index in [1.54, 1.807) is 32.0 Å². The smallest absolute Gasteiger partial charge is 0.339 e. The van der Waals surface area contributed by atoms with Gasteiger partial charge in [0, 0.05) is 5.92 Å². The second kappa shape index (κ2) is 6.70. The van der Waals surface area contributed by atoms with Crippen molar-refractivity contribution in [2.24, 2.45) is 5.92 Å². The fourth-order valence-electron chi connectivity index (χ4n) is 1.74. The highest BCUT2D eigenvalue weighted by molar-refractivity contribution is 7.87. The zero-order valence-corrected chi connectivity index (χ0v) is 13.6. The summed E-state index contributed by atoms with van der Waals surface area (Å²) in [6.07, 6.45) is 0. The van der Waals surface area contributed by atoms with Crippen LogP contribution >= 0.6 is 0 Å². The number of nitrogen functional groups attached to an aromatic ring is 1. The molecule has 0 radical (unpaired) electrons. The van der Waals surface area contributed by atoms with E-state index in [0.717, 1.165) is 0 Å². The third-order valence-corrected chi connectivity index (χ3v) is 4.29. The Kier molecular flexibility index (Phi) is 4.90. The Morgan fingerprint density at radius 1 is 1.13 bits per heavy atom. The van der Waals surface area contributed by atoms with Crippen LogP contribution < -0.4 is 15.2 Å². The molecule has 3 N–H and O–H groups in total. The molecule has 0 unspecified atom stereocenters. The Morgan fingerprint density at radius 3 is 2.35 bits per heavy atom. The topological polar surface area (TPSA) is 98.5 Å². The van der Waals surface area contributed by atoms with Crippen molar-refractivity contribution in [2.45, 2.75) is 18.7 Å². The molecule has 0 aliphatic rings. The van der Waals surface area contributed by atoms with Gasteiger partial charge in [0.2, 0.25) is 5.91 Å². The minimum atomic E-state index is -3.99. The highest BCUT2D eigenvalue weighted by Gasteiger charge is 2.18. The summed E-state index contributed by atoms with van der Waals surface area (Å²) in [6.45, 7) is 3.50. The fourth-order valence-corrected chi connectivity index (χ4v) is 2.70. The lowest BCUT2D eigenvalue weighted by Crippen LogP contribution is -2.19. The largest absolute Gasteiger partial charge is 0.397 e. The number of benzene rings is 2. The van der Waals surface area contributed by atoms with Crippen molar-refractivity contribution in [3.8, 4) is 5.75 Å². The SMILES string of the molecule is CC(C)C(=O)Nc1ccc(S(=O)(=O)Oc2ccccc2)cc1N. The molecule has 122 valence electrons. The number of nitrogens with one attached hydrogen (secondary N) is 1. The van der Waals surface area contributed by atoms with Crippen LogP contribution in [0.2, 0.25) is 0 Å². The molecule has 0 bridgehead atoms. The van der Waals surface area contributed by atoms with E-state index < -0.39 is 10.1 Å². The number of carbonyl (C=O) groups is 1. The van der Waals surface area contributed by atoms with Gasteiger partial charge in [-0.05, 0) is 30.3 Å². The van der Waals surface area contributed by atoms with Crippen molar-refractivity contribution in [3.63, 3.8) is 0 Å². The quantitative estimate of drug-likeness (QED) is 0.647. The van der Waals surface area contributed by atoms with E-state index in [4.69, 9.17) is 9.92 Å². The Bertz CT molecular complexity index is 802. The fraction of sp³-hybridized carbons (Fsp3) is 0.188. The van der Waals surface area contributed by atoms with Crippen molar-refractivity contribution >= 4 is 27.4 Å². The Labute approximate surface area is 135 Å². The van der Waals surface area contributed by atoms with E-state index >= 15 is 0 Å². The second-order valence-corrected chi connectivity index (χ2v) is 6.79. The standard InChI is InChI=1S/C16H18N2O4S/c1-11(2)16(19)18-15-9-8-13(10-14(15)17)23(20,21)22-12-6-4-3-5-7-12/h3-11H,17H2,1-2H3,(H,18,19). The van der Waals surface area contributed by atoms with Gasteiger partial charge in [-0.25, -0.2) is 0 Å². The zero-order valence-electron chi connectivity index (χ0n) is 12.8. The molecular weight excluding hydrogens is 316 g/mol. The molecule has 2 rings (SSSR count). The normalized spacial score (nSPS) is 11.3. The van der Waals surface area contributed by atoms with E-state index in [1.165, 1.54) is 30.3 Å². The Balaban J connectivity index is 2.24. The minimum absolute atomic E-state index is 0.0820. The average molecular weight is 334 g/mol. The zero-order chi connectivity index (χ0) is 17.0. The predicted molar refractivity (Wildman–Crippen MR) is 88.6 cm³/mol. The van der Waals surface area contributed by atoms with Gasteiger partial charge in [0.05, 0.1) is 11.4 Å². The number of para-hydroxylation sites is 1. The molecule has 7 heteroatoms. The molecule has 0 aromatic heterocycles. The van der Waals surface area contributed by atoms with Gasteiger partial charge < -0.3 is 15.2 Å². The van der Waals surface area contributed by atoms with Crippen LogP contribution in [-0.4, -0.2) is 14.3 Å². The van der Waals surface area contributed by atoms with Crippen molar-refractivity contribution in [3.05, 3.63) is 48.5 Å². The summed E-state index contributed by atoms with van der Waals surface area (Å²) in [5.41, 5.74) is 6.34. The maximum absolute atomic E-state index is 12.2. The van der Waals surface area contributed by atoms with Gasteiger partial charge in [0.15, 0.2) is 0 Å². The van der Waals surface area contributed by atoms with Crippen LogP contribution in [0.5, 0.6) is 5.75 Å². The molecule has 6 nitrogen and oxygen atoms in total. The summed E-state index contributed by atoms with van der Waals surface area (Å²) in [7, 11) is -3.99. The van der Waals surface area contributed by atoms with Gasteiger partial charge in [0.1, 0.15) is 10.6 Å². The van der Waals surface area contributed by atoms with E-state index in [9.17, 15) is 13.2 Å². The molecule has 0 atom stereocenters. The molecule has 0 saturated carbocycles. The van der Waals surface area contributed by atoms with Crippen molar-refractivity contribution in [1.82, 2.24) is 0 Å². The van der Waals surface area contributed by atoms with Gasteiger partial charge in [-0.2, -0.15) is 8.42 Å². The molecular formula is C16H18N2O4S. The van der Waals surface area contributed by atoms with Crippen molar-refractivity contribution in [1.29, 1.82) is 0 Å². The van der Waals surface area contributed by atoms with Gasteiger partial charge in [0.25, 0.3) is 0 Å². The van der Waals surface area contributed by atoms with Crippen molar-refractivity contribution in [2.75, 3.05) is 11.1 Å². The van der Waals surface area contributed by atoms with E-state index in [-0.39, 0.29) is 28.2 Å². The highest BCUT2D eigenvalue weighted by Crippen LogP contribution is 2.25. The maximum atomic E-state index is 12.2. The molecule has 23 heavy (non-hydrogen) atoms. The first-order chi connectivity index (χ1) is 10.8. The number of rotatable bonds is 5. The molecule has 0 saturated heterocycles. The first kappa shape index (κ1) is 16.8. The number of nitrogens with two attached hydrogens (primary N) is 1. The minimum Gasteiger partial charge on any atom is -0.397 e. The average Bonchev–Trinajstić information content (AvgIpc) is 2.49. The van der Waals surface area contributed by atoms with Crippen LogP contribution in [0.25, 0.3) is 0 Å². The van der Waals surface area contributed by atoms with Gasteiger partial charge in [-0.3, -0.25) is 4.79 Å². The van der Waals surface area contributed by atoms with Crippen LogP contribution in [-0.2, 0) is 14.9 Å². The molecule has 0 aliphatic carbocycles. The molecule has 0 fully saturated rings. The summed E-state index contributed by atoms with van der Waals surface area (Å²) in [5.74, 6) is -0.199. The number of carbonyl (C=O) groups excluding carboxylic acids is 1. The van der Waals surface area contributed by atoms with Crippen LogP contribution in [0.4, 0.5) is 11.4 Å². The van der Waals surface area contributed by atoms with E-state index in [1.807, 2.05) is 0 Å². The van der Waals surface area contributed by atoms with Gasteiger partial charge >= 0.3 is 10.1 Å². The first-order valence-corrected chi connectivity index (χ1v) is 8.40. The molecule has 0 spiro atoms. The number of hydrogen-bond donors (Lipinski definition) is 2. The lowest BCUT2D eigenvalue weighted by molar-refractivity contribution is -0.118. The summed E-state index contributed by atoms with van der Waals surface area (Å²) in [6, 6.07) is 12.2. The lowest BCUT2D eigenvalue weighted by atomic mass is 10.2. The summed E-state index contributed by atoms with van der Waals surface area (Å²) < 4.78 is 29.5. The van der Waals surface area contributed by atoms with Crippen LogP contribution in [0.15, 0.2) is 53.4 Å². The summed E-state index contributed by atoms with van der Waals surface area (Å²) >= 11 is 0. The predicted octanol–water partition coefficient (Wildman–Crippen LogP) is 2.63. The van der Waals surface area contributed by atoms with Crippen LogP contribution in [0.1, 0.15) is 13.8 Å². The van der Waals surface area contributed by atoms with Crippen LogP contribution in [0.3, 0.4) is 0 Å². The molecule has 0 aliphatic heterocycles. The number of anilines is 2. The number of hydrogen-bond acceptors (Lipinski definition) is 5. The highest BCUT2D eigenvalue weighted by atomic mass is 32.2. The summed E-state index contributed by atoms with van der Waals surface area (Å²) in [4.78, 5) is 11.6. The van der Waals surface area contributed by atoms with Crippen molar-refractivity contribution < 1.29 is 17.4 Å². The third kappa shape index (κ3) is 4.23. The number of amides is 1. The monoisotopic (exact) mass is 334 g/mol. The third-order valence-electron chi connectivity index (χ3n) is 3.04. The Morgan fingerprint density at radius 2 is 1.78 bits per heavy atom. The van der Waals surface area contributed by atoms with Crippen LogP contribution in [0, 0.1) is 5.92 Å². The van der Waals surface area contributed by atoms with E-state index in [2.05, 4.69) is 5.32 Å². The Hall–Kier alpha value is -2.54. The second-order valence-electron chi connectivity index (χ2n) is 5.24. The molecule has 2 aromatic carbocycles. The first-order valence-electron chi connectivity index (χ1n) is 6.99.